The minimum atomic E-state index is 0. The molecule has 0 aromatic carbocycles. The molecule has 0 fully saturated rings. The predicted octanol–water partition coefficient (Wildman–Crippen LogP) is -5.03. The Hall–Kier alpha value is 1.77. The number of hydrogen-bond donors (Lipinski definition) is 0. The molecule has 12 heavy (non-hydrogen) atoms. The van der Waals surface area contributed by atoms with Crippen LogP contribution in [0.4, 0.5) is 0 Å². The lowest BCUT2D eigenvalue weighted by atomic mass is 10.4. The Morgan fingerprint density at radius 1 is 1.00 bits per heavy atom. The average molecular weight is 417 g/mol. The summed E-state index contributed by atoms with van der Waals surface area (Å²) in [5, 5.41) is 0. The third-order valence-electron chi connectivity index (χ3n) is 1.38. The van der Waals surface area contributed by atoms with Crippen LogP contribution in [0.3, 0.4) is 0 Å². The normalized spacial score (nSPS) is 10.5. The second kappa shape index (κ2) is 9.33. The zero-order valence-electron chi connectivity index (χ0n) is 8.73. The van der Waals surface area contributed by atoms with Gasteiger partial charge in [0, 0.05) is 6.42 Å². The van der Waals surface area contributed by atoms with Crippen molar-refractivity contribution in [3.63, 3.8) is 0 Å². The van der Waals surface area contributed by atoms with Gasteiger partial charge in [0.15, 0.2) is 0 Å². The SMILES string of the molecule is C[S+](C)CCC[N+](C)(C)C.[I-].[I-]. The van der Waals surface area contributed by atoms with Gasteiger partial charge in [-0.3, -0.25) is 0 Å². The molecule has 0 aliphatic heterocycles. The maximum Gasteiger partial charge on any atom is 0.113 e. The lowest BCUT2D eigenvalue weighted by molar-refractivity contribution is -0.870. The van der Waals surface area contributed by atoms with Gasteiger partial charge in [0.25, 0.3) is 0 Å². The van der Waals surface area contributed by atoms with Crippen LogP contribution >= 0.6 is 0 Å². The molecule has 0 rings (SSSR count). The highest BCUT2D eigenvalue weighted by atomic mass is 127. The van der Waals surface area contributed by atoms with E-state index in [0.29, 0.717) is 10.9 Å². The fraction of sp³-hybridized carbons (Fsp3) is 1.00. The van der Waals surface area contributed by atoms with E-state index in [2.05, 4.69) is 33.7 Å². The van der Waals surface area contributed by atoms with Gasteiger partial charge in [-0.15, -0.1) is 0 Å². The van der Waals surface area contributed by atoms with Gasteiger partial charge in [-0.05, 0) is 10.9 Å². The highest BCUT2D eigenvalue weighted by Crippen LogP contribution is 1.96. The molecule has 0 heterocycles. The summed E-state index contributed by atoms with van der Waals surface area (Å²) in [4.78, 5) is 0. The standard InChI is InChI=1S/C8H21NS.2HI/c1-9(2,3)7-6-8-10(4)5;;/h6-8H2,1-5H3;2*1H/q+2;;/p-2. The summed E-state index contributed by atoms with van der Waals surface area (Å²) in [6.45, 7) is 1.31. The van der Waals surface area contributed by atoms with Crippen LogP contribution in [0.1, 0.15) is 6.42 Å². The molecule has 0 saturated heterocycles. The van der Waals surface area contributed by atoms with Gasteiger partial charge in [0.05, 0.1) is 40.2 Å². The van der Waals surface area contributed by atoms with Gasteiger partial charge >= 0.3 is 0 Å². The molecule has 0 aromatic heterocycles. The van der Waals surface area contributed by atoms with E-state index in [1.807, 2.05) is 0 Å². The van der Waals surface area contributed by atoms with Gasteiger partial charge in [0.2, 0.25) is 0 Å². The summed E-state index contributed by atoms with van der Waals surface area (Å²) < 4.78 is 1.11. The Bertz CT molecular complexity index is 91.5. The van der Waals surface area contributed by atoms with Gasteiger partial charge < -0.3 is 52.4 Å². The molecule has 0 amide bonds. The number of halogens is 2. The summed E-state index contributed by atoms with van der Waals surface area (Å²) in [7, 11) is 7.40. The van der Waals surface area contributed by atoms with Crippen molar-refractivity contribution in [3.05, 3.63) is 0 Å². The third-order valence-corrected chi connectivity index (χ3v) is 2.49. The van der Waals surface area contributed by atoms with Crippen molar-refractivity contribution in [3.8, 4) is 0 Å². The van der Waals surface area contributed by atoms with Crippen molar-refractivity contribution in [2.24, 2.45) is 0 Å². The molecule has 0 saturated carbocycles. The van der Waals surface area contributed by atoms with Gasteiger partial charge in [-0.2, -0.15) is 0 Å². The van der Waals surface area contributed by atoms with Crippen LogP contribution in [-0.4, -0.2) is 50.4 Å². The van der Waals surface area contributed by atoms with Crippen molar-refractivity contribution < 1.29 is 52.4 Å². The van der Waals surface area contributed by atoms with E-state index in [-0.39, 0.29) is 48.0 Å². The fourth-order valence-corrected chi connectivity index (χ4v) is 1.53. The first-order valence-corrected chi connectivity index (χ1v) is 5.97. The van der Waals surface area contributed by atoms with Crippen LogP contribution in [0.25, 0.3) is 0 Å². The summed E-state index contributed by atoms with van der Waals surface area (Å²) in [5.41, 5.74) is 0. The van der Waals surface area contributed by atoms with Crippen LogP contribution in [-0.2, 0) is 10.9 Å². The van der Waals surface area contributed by atoms with Gasteiger partial charge in [-0.25, -0.2) is 0 Å². The Morgan fingerprint density at radius 2 is 1.42 bits per heavy atom. The maximum atomic E-state index is 2.32. The van der Waals surface area contributed by atoms with E-state index in [1.54, 1.807) is 0 Å². The Morgan fingerprint density at radius 3 is 1.67 bits per heavy atom. The minimum absolute atomic E-state index is 0. The first kappa shape index (κ1) is 19.4. The second-order valence-corrected chi connectivity index (χ2v) is 6.44. The predicted molar refractivity (Wildman–Crippen MR) is 51.6 cm³/mol. The molecular formula is C8H21I2NS. The molecule has 0 unspecified atom stereocenters. The van der Waals surface area contributed by atoms with E-state index in [1.165, 1.54) is 18.7 Å². The largest absolute Gasteiger partial charge is 1.00 e. The first-order valence-electron chi connectivity index (χ1n) is 3.76. The van der Waals surface area contributed by atoms with Gasteiger partial charge in [-0.1, -0.05) is 0 Å². The van der Waals surface area contributed by atoms with Crippen LogP contribution < -0.4 is 48.0 Å². The highest BCUT2D eigenvalue weighted by molar-refractivity contribution is 7.95. The van der Waals surface area contributed by atoms with Crippen LogP contribution in [0, 0.1) is 0 Å². The van der Waals surface area contributed by atoms with Crippen LogP contribution in [0.5, 0.6) is 0 Å². The van der Waals surface area contributed by atoms with E-state index >= 15 is 0 Å². The minimum Gasteiger partial charge on any atom is -1.00 e. The molecule has 0 bridgehead atoms. The second-order valence-electron chi connectivity index (χ2n) is 4.06. The monoisotopic (exact) mass is 417 g/mol. The molecule has 4 heteroatoms. The third kappa shape index (κ3) is 17.8. The quantitative estimate of drug-likeness (QED) is 0.244. The van der Waals surface area contributed by atoms with E-state index in [9.17, 15) is 0 Å². The van der Waals surface area contributed by atoms with Crippen molar-refractivity contribution in [1.29, 1.82) is 0 Å². The van der Waals surface area contributed by atoms with E-state index in [4.69, 9.17) is 0 Å². The number of rotatable bonds is 4. The number of nitrogens with zero attached hydrogens (tertiary/aromatic N) is 1. The van der Waals surface area contributed by atoms with Gasteiger partial charge in [0.1, 0.15) is 5.75 Å². The summed E-state index contributed by atoms with van der Waals surface area (Å²) >= 11 is 0. The fourth-order valence-electron chi connectivity index (χ4n) is 0.828. The molecule has 0 radical (unpaired) electrons. The average Bonchev–Trinajstić information content (AvgIpc) is 1.59. The Balaban J connectivity index is -0.000000405. The lowest BCUT2D eigenvalue weighted by Gasteiger charge is -2.23. The van der Waals surface area contributed by atoms with Crippen LogP contribution in [0.15, 0.2) is 0 Å². The van der Waals surface area contributed by atoms with Crippen molar-refractivity contribution >= 4 is 10.9 Å². The first-order chi connectivity index (χ1) is 4.42. The zero-order chi connectivity index (χ0) is 8.20. The molecule has 0 aromatic rings. The van der Waals surface area contributed by atoms with Crippen LogP contribution in [0.2, 0.25) is 0 Å². The van der Waals surface area contributed by atoms with E-state index in [0.717, 1.165) is 4.48 Å². The van der Waals surface area contributed by atoms with E-state index < -0.39 is 0 Å². The lowest BCUT2D eigenvalue weighted by Crippen LogP contribution is -3.00. The van der Waals surface area contributed by atoms with Crippen molar-refractivity contribution in [1.82, 2.24) is 0 Å². The topological polar surface area (TPSA) is 0 Å². The molecular weight excluding hydrogens is 396 g/mol. The Kier molecular flexibility index (Phi) is 15.1. The molecule has 78 valence electrons. The highest BCUT2D eigenvalue weighted by Gasteiger charge is 2.09. The molecule has 0 N–H and O–H groups in total. The van der Waals surface area contributed by atoms with Crippen molar-refractivity contribution in [2.75, 3.05) is 46.0 Å². The number of quaternary nitrogens is 1. The van der Waals surface area contributed by atoms with Crippen molar-refractivity contribution in [2.45, 2.75) is 6.42 Å². The molecule has 0 spiro atoms. The maximum absolute atomic E-state index is 2.32. The molecule has 0 aliphatic carbocycles. The summed E-state index contributed by atoms with van der Waals surface area (Å²) in [5.74, 6) is 1.40. The summed E-state index contributed by atoms with van der Waals surface area (Å²) in [6, 6.07) is 0. The molecule has 0 atom stereocenters. The molecule has 1 nitrogen and oxygen atoms in total. The summed E-state index contributed by atoms with van der Waals surface area (Å²) in [6.07, 6.45) is 6.00. The molecule has 0 aliphatic rings. The zero-order valence-corrected chi connectivity index (χ0v) is 13.9. The Labute approximate surface area is 115 Å². The number of hydrogen-bond acceptors (Lipinski definition) is 0. The smallest absolute Gasteiger partial charge is 0.113 e.